The predicted molar refractivity (Wildman–Crippen MR) is 122 cm³/mol. The van der Waals surface area contributed by atoms with Gasteiger partial charge in [0.15, 0.2) is 5.65 Å². The fourth-order valence-corrected chi connectivity index (χ4v) is 3.91. The van der Waals surface area contributed by atoms with Crippen LogP contribution in [0, 0.1) is 6.92 Å². The summed E-state index contributed by atoms with van der Waals surface area (Å²) in [6.45, 7) is 5.80. The molecule has 0 saturated carbocycles. The molecule has 1 atom stereocenters. The van der Waals surface area contributed by atoms with Gasteiger partial charge in [-0.3, -0.25) is 14.3 Å². The molecule has 4 rings (SSSR count). The van der Waals surface area contributed by atoms with Gasteiger partial charge in [0.25, 0.3) is 5.56 Å². The lowest BCUT2D eigenvalue weighted by Crippen LogP contribution is -2.29. The number of nitrogens with one attached hydrogen (secondary N) is 1. The van der Waals surface area contributed by atoms with Crippen molar-refractivity contribution in [3.05, 3.63) is 76.2 Å². The maximum Gasteiger partial charge on any atom is 0.338 e. The van der Waals surface area contributed by atoms with E-state index in [9.17, 15) is 14.4 Å². The number of esters is 1. The van der Waals surface area contributed by atoms with Gasteiger partial charge < -0.3 is 10.1 Å². The predicted octanol–water partition coefficient (Wildman–Crippen LogP) is 3.72. The molecule has 0 saturated heterocycles. The monoisotopic (exact) mass is 432 g/mol. The summed E-state index contributed by atoms with van der Waals surface area (Å²) < 4.78 is 8.70. The van der Waals surface area contributed by atoms with Crippen molar-refractivity contribution in [2.24, 2.45) is 0 Å². The van der Waals surface area contributed by atoms with Crippen LogP contribution in [0.2, 0.25) is 0 Å². The summed E-state index contributed by atoms with van der Waals surface area (Å²) in [4.78, 5) is 41.4. The van der Waals surface area contributed by atoms with Crippen LogP contribution in [0.25, 0.3) is 16.6 Å². The van der Waals surface area contributed by atoms with Crippen LogP contribution in [0.5, 0.6) is 0 Å². The van der Waals surface area contributed by atoms with E-state index < -0.39 is 12.0 Å². The van der Waals surface area contributed by atoms with E-state index in [1.807, 2.05) is 47.3 Å². The molecule has 0 aliphatic rings. The second kappa shape index (κ2) is 8.66. The van der Waals surface area contributed by atoms with E-state index in [0.29, 0.717) is 35.6 Å². The summed E-state index contributed by atoms with van der Waals surface area (Å²) >= 11 is 0. The largest absolute Gasteiger partial charge is 0.462 e. The molecule has 0 spiro atoms. The van der Waals surface area contributed by atoms with Crippen molar-refractivity contribution in [3.63, 3.8) is 0 Å². The first kappa shape index (κ1) is 21.3. The summed E-state index contributed by atoms with van der Waals surface area (Å²) in [5.41, 5.74) is 2.71. The van der Waals surface area contributed by atoms with E-state index in [1.165, 1.54) is 6.07 Å². The Balaban J connectivity index is 1.73. The number of benzene rings is 2. The highest BCUT2D eigenvalue weighted by atomic mass is 16.5. The fourth-order valence-electron chi connectivity index (χ4n) is 3.91. The number of aromatic nitrogens is 3. The van der Waals surface area contributed by atoms with Crippen LogP contribution in [0.3, 0.4) is 0 Å². The Bertz CT molecular complexity index is 1370. The molecule has 4 aromatic rings. The van der Waals surface area contributed by atoms with Crippen molar-refractivity contribution in [1.29, 1.82) is 0 Å². The topological polar surface area (TPSA) is 94.7 Å². The van der Waals surface area contributed by atoms with E-state index >= 15 is 0 Å². The number of fused-ring (bicyclic) bond motifs is 3. The number of anilines is 1. The third-order valence-electron chi connectivity index (χ3n) is 5.34. The maximum absolute atomic E-state index is 13.3. The van der Waals surface area contributed by atoms with Gasteiger partial charge in [0.05, 0.1) is 17.7 Å². The van der Waals surface area contributed by atoms with Gasteiger partial charge in [-0.2, -0.15) is 4.98 Å². The Morgan fingerprint density at radius 1 is 1.09 bits per heavy atom. The SMILES string of the molecule is CCOC(=O)c1ccc(NC(=O)[C@H](CC)n2c3ccccc3c3nc(=O)cc(C)n32)cc1. The summed E-state index contributed by atoms with van der Waals surface area (Å²) in [5, 5.41) is 3.74. The van der Waals surface area contributed by atoms with Gasteiger partial charge >= 0.3 is 5.97 Å². The third-order valence-corrected chi connectivity index (χ3v) is 5.34. The highest BCUT2D eigenvalue weighted by molar-refractivity contribution is 5.98. The molecule has 8 heteroatoms. The average molecular weight is 432 g/mol. The van der Waals surface area contributed by atoms with Crippen molar-refractivity contribution >= 4 is 34.1 Å². The summed E-state index contributed by atoms with van der Waals surface area (Å²) in [6.07, 6.45) is 0.520. The number of nitrogens with zero attached hydrogens (tertiary/aromatic N) is 3. The molecule has 0 fully saturated rings. The molecule has 2 aromatic carbocycles. The molecule has 1 N–H and O–H groups in total. The lowest BCUT2D eigenvalue weighted by Gasteiger charge is -2.20. The van der Waals surface area contributed by atoms with Gasteiger partial charge in [-0.15, -0.1) is 0 Å². The summed E-state index contributed by atoms with van der Waals surface area (Å²) in [6, 6.07) is 15.1. The van der Waals surface area contributed by atoms with Crippen LogP contribution in [0.15, 0.2) is 59.4 Å². The van der Waals surface area contributed by atoms with Crippen molar-refractivity contribution in [2.75, 3.05) is 11.9 Å². The Morgan fingerprint density at radius 3 is 2.50 bits per heavy atom. The number of rotatable bonds is 6. The number of carbonyl (C=O) groups excluding carboxylic acids is 2. The van der Waals surface area contributed by atoms with Crippen LogP contribution >= 0.6 is 0 Å². The first-order valence-electron chi connectivity index (χ1n) is 10.5. The molecule has 0 radical (unpaired) electrons. The lowest BCUT2D eigenvalue weighted by atomic mass is 10.1. The third kappa shape index (κ3) is 3.75. The van der Waals surface area contributed by atoms with Gasteiger partial charge in [-0.05, 0) is 56.7 Å². The van der Waals surface area contributed by atoms with E-state index in [1.54, 1.807) is 31.2 Å². The lowest BCUT2D eigenvalue weighted by molar-refractivity contribution is -0.119. The molecular weight excluding hydrogens is 408 g/mol. The number of carbonyl (C=O) groups is 2. The smallest absolute Gasteiger partial charge is 0.338 e. The number of aryl methyl sites for hydroxylation is 1. The summed E-state index contributed by atoms with van der Waals surface area (Å²) in [5.74, 6) is -0.614. The fraction of sp³-hybridized carbons (Fsp3) is 0.250. The standard InChI is InChI=1S/C24H24N4O4/c1-4-19(23(30)25-17-12-10-16(11-13-17)24(31)32-5-2)28-20-9-7-6-8-18(20)22-26-21(29)14-15(3)27(22)28/h6-14,19H,4-5H2,1-3H3,(H,25,30)/t19-/m0/s1. The van der Waals surface area contributed by atoms with Crippen LogP contribution in [0.1, 0.15) is 42.4 Å². The molecule has 1 amide bonds. The Morgan fingerprint density at radius 2 is 1.81 bits per heavy atom. The van der Waals surface area contributed by atoms with Crippen molar-refractivity contribution in [3.8, 4) is 0 Å². The highest BCUT2D eigenvalue weighted by Gasteiger charge is 2.25. The molecule has 0 aliphatic heterocycles. The van der Waals surface area contributed by atoms with E-state index in [4.69, 9.17) is 4.74 Å². The minimum atomic E-state index is -0.551. The Labute approximate surface area is 184 Å². The normalized spacial score (nSPS) is 12.1. The Kier molecular flexibility index (Phi) is 5.77. The molecule has 0 bridgehead atoms. The minimum absolute atomic E-state index is 0.211. The quantitative estimate of drug-likeness (QED) is 0.469. The molecule has 8 nitrogen and oxygen atoms in total. The van der Waals surface area contributed by atoms with E-state index in [2.05, 4.69) is 10.3 Å². The van der Waals surface area contributed by atoms with Crippen LogP contribution in [0.4, 0.5) is 5.69 Å². The van der Waals surface area contributed by atoms with Gasteiger partial charge in [0.2, 0.25) is 5.91 Å². The molecule has 32 heavy (non-hydrogen) atoms. The number of ether oxygens (including phenoxy) is 1. The van der Waals surface area contributed by atoms with Gasteiger partial charge in [0, 0.05) is 22.8 Å². The maximum atomic E-state index is 13.3. The van der Waals surface area contributed by atoms with E-state index in [0.717, 1.165) is 10.9 Å². The molecule has 0 aliphatic carbocycles. The summed E-state index contributed by atoms with van der Waals surface area (Å²) in [7, 11) is 0. The minimum Gasteiger partial charge on any atom is -0.462 e. The molecular formula is C24H24N4O4. The van der Waals surface area contributed by atoms with Crippen molar-refractivity contribution < 1.29 is 14.3 Å². The second-order valence-electron chi connectivity index (χ2n) is 7.44. The van der Waals surface area contributed by atoms with Gasteiger partial charge in [-0.1, -0.05) is 19.1 Å². The zero-order valence-electron chi connectivity index (χ0n) is 18.2. The van der Waals surface area contributed by atoms with E-state index in [-0.39, 0.29) is 11.5 Å². The van der Waals surface area contributed by atoms with Gasteiger partial charge in [0.1, 0.15) is 6.04 Å². The van der Waals surface area contributed by atoms with Gasteiger partial charge in [-0.25, -0.2) is 9.31 Å². The van der Waals surface area contributed by atoms with Crippen LogP contribution in [-0.2, 0) is 9.53 Å². The zero-order valence-corrected chi connectivity index (χ0v) is 18.2. The molecule has 164 valence electrons. The first-order chi connectivity index (χ1) is 15.4. The van der Waals surface area contributed by atoms with Crippen molar-refractivity contribution in [1.82, 2.24) is 14.2 Å². The highest BCUT2D eigenvalue weighted by Crippen LogP contribution is 2.27. The second-order valence-corrected chi connectivity index (χ2v) is 7.44. The molecule has 2 heterocycles. The molecule has 2 aromatic heterocycles. The average Bonchev–Trinajstić information content (AvgIpc) is 3.10. The number of para-hydroxylation sites is 1. The van der Waals surface area contributed by atoms with Crippen LogP contribution in [-0.4, -0.2) is 32.7 Å². The Hall–Kier alpha value is -3.94. The number of hydrogen-bond donors (Lipinski definition) is 1. The number of amides is 1. The molecule has 0 unspecified atom stereocenters. The zero-order chi connectivity index (χ0) is 22.8. The van der Waals surface area contributed by atoms with Crippen LogP contribution < -0.4 is 10.9 Å². The number of hydrogen-bond acceptors (Lipinski definition) is 5. The van der Waals surface area contributed by atoms with Crippen molar-refractivity contribution in [2.45, 2.75) is 33.2 Å². The first-order valence-corrected chi connectivity index (χ1v) is 10.5.